The Kier molecular flexibility index (Phi) is 4.45. The van der Waals surface area contributed by atoms with Crippen LogP contribution in [0.25, 0.3) is 78.8 Å². The third-order valence-electron chi connectivity index (χ3n) is 8.34. The second kappa shape index (κ2) is 7.91. The number of pyridine rings is 1. The molecule has 7 aromatic heterocycles. The van der Waals surface area contributed by atoms with Gasteiger partial charge in [0.2, 0.25) is 0 Å². The number of hydrogen-bond acceptors (Lipinski definition) is 8. The lowest BCUT2D eigenvalue weighted by atomic mass is 9.91. The van der Waals surface area contributed by atoms with E-state index in [4.69, 9.17) is 9.97 Å². The molecular weight excluding hydrogens is 601 g/mol. The van der Waals surface area contributed by atoms with E-state index in [9.17, 15) is 9.90 Å². The van der Waals surface area contributed by atoms with Gasteiger partial charge in [-0.1, -0.05) is 6.07 Å². The summed E-state index contributed by atoms with van der Waals surface area (Å²) in [5.74, 6) is 0.729. The van der Waals surface area contributed by atoms with Crippen molar-refractivity contribution in [1.29, 1.82) is 0 Å². The molecule has 8 heterocycles. The highest BCUT2D eigenvalue weighted by Crippen LogP contribution is 2.48. The molecule has 0 bridgehead atoms. The molecule has 42 heavy (non-hydrogen) atoms. The molecule has 10 rings (SSSR count). The Morgan fingerprint density at radius 3 is 2.07 bits per heavy atom. The fourth-order valence-corrected chi connectivity index (χ4v) is 10.4. The van der Waals surface area contributed by atoms with Crippen molar-refractivity contribution in [3.63, 3.8) is 0 Å². The summed E-state index contributed by atoms with van der Waals surface area (Å²) in [4.78, 5) is 33.1. The molecule has 0 fully saturated rings. The number of aliphatic hydroxyl groups excluding tert-OH is 1. The summed E-state index contributed by atoms with van der Waals surface area (Å²) in [6, 6.07) is 20.7. The van der Waals surface area contributed by atoms with Crippen LogP contribution in [-0.4, -0.2) is 24.0 Å². The van der Waals surface area contributed by atoms with Crippen LogP contribution in [0.5, 0.6) is 0 Å². The summed E-state index contributed by atoms with van der Waals surface area (Å²) in [6.45, 7) is 4.21. The van der Waals surface area contributed by atoms with E-state index in [1.54, 1.807) is 49.7 Å². The van der Waals surface area contributed by atoms with Crippen LogP contribution in [0.4, 0.5) is 0 Å². The first-order valence-corrected chi connectivity index (χ1v) is 16.7. The fourth-order valence-electron chi connectivity index (χ4n) is 6.51. The fraction of sp³-hybridized carbons (Fsp3) is 0.0938. The number of hydrogen-bond donors (Lipinski definition) is 1. The zero-order chi connectivity index (χ0) is 28.0. The van der Waals surface area contributed by atoms with Crippen molar-refractivity contribution >= 4 is 93.2 Å². The lowest BCUT2D eigenvalue weighted by molar-refractivity contribution is 0.152. The molecule has 10 heteroatoms. The van der Waals surface area contributed by atoms with Crippen molar-refractivity contribution in [2.45, 2.75) is 20.1 Å². The van der Waals surface area contributed by atoms with Crippen LogP contribution in [0, 0.1) is 13.8 Å². The van der Waals surface area contributed by atoms with Crippen LogP contribution in [0.1, 0.15) is 21.5 Å². The van der Waals surface area contributed by atoms with Gasteiger partial charge >= 0.3 is 0 Å². The second-order valence-electron chi connectivity index (χ2n) is 10.8. The van der Waals surface area contributed by atoms with Crippen molar-refractivity contribution in [3.8, 4) is 30.9 Å². The molecule has 0 spiro atoms. The number of thiophene rings is 4. The van der Waals surface area contributed by atoms with E-state index in [0.29, 0.717) is 11.0 Å². The predicted molar refractivity (Wildman–Crippen MR) is 176 cm³/mol. The van der Waals surface area contributed by atoms with Gasteiger partial charge in [-0.15, -0.1) is 45.3 Å². The third-order valence-corrected chi connectivity index (χ3v) is 12.8. The molecule has 0 saturated heterocycles. The van der Waals surface area contributed by atoms with Crippen LogP contribution < -0.4 is 5.56 Å². The number of aliphatic hydroxyl groups is 1. The van der Waals surface area contributed by atoms with Crippen molar-refractivity contribution in [1.82, 2.24) is 18.9 Å². The molecule has 1 aliphatic rings. The largest absolute Gasteiger partial charge is 0.369 e. The van der Waals surface area contributed by atoms with E-state index in [0.717, 1.165) is 63.6 Å². The molecule has 1 N–H and O–H groups in total. The minimum absolute atomic E-state index is 0.0873. The van der Waals surface area contributed by atoms with Gasteiger partial charge in [0.05, 0.1) is 11.0 Å². The lowest BCUT2D eigenvalue weighted by Crippen LogP contribution is -2.18. The molecule has 9 aromatic rings. The summed E-state index contributed by atoms with van der Waals surface area (Å²) in [5.41, 5.74) is 4.04. The minimum atomic E-state index is -0.911. The maximum Gasteiger partial charge on any atom is 0.264 e. The molecular formula is C32H18N4O2S4. The van der Waals surface area contributed by atoms with E-state index in [1.807, 2.05) is 16.7 Å². The Labute approximate surface area is 253 Å². The number of rotatable bonds is 2. The van der Waals surface area contributed by atoms with Crippen LogP contribution in [0.3, 0.4) is 0 Å². The Morgan fingerprint density at radius 1 is 0.714 bits per heavy atom. The number of imidazole rings is 2. The quantitative estimate of drug-likeness (QED) is 0.210. The molecule has 2 aromatic carbocycles. The molecule has 1 atom stereocenters. The van der Waals surface area contributed by atoms with Crippen molar-refractivity contribution in [2.24, 2.45) is 0 Å². The minimum Gasteiger partial charge on any atom is -0.369 e. The molecule has 202 valence electrons. The van der Waals surface area contributed by atoms with Gasteiger partial charge in [-0.05, 0) is 68.4 Å². The first-order valence-electron chi connectivity index (χ1n) is 13.5. The zero-order valence-corrected chi connectivity index (χ0v) is 25.4. The SMILES string of the molecule is Cc1ccc(-c2cc3c(nc4n3C(O)c3ccc5c(=O)n6c7cc(-c8ccc(C)s8)sc7nc6c6ccc-4c3c56)s2)s1. The smallest absolute Gasteiger partial charge is 0.264 e. The summed E-state index contributed by atoms with van der Waals surface area (Å²) in [7, 11) is 0. The Morgan fingerprint density at radius 2 is 1.38 bits per heavy atom. The number of aromatic nitrogens is 4. The Bertz CT molecular complexity index is 2660. The van der Waals surface area contributed by atoms with Crippen LogP contribution in [0.15, 0.2) is 65.5 Å². The average molecular weight is 619 g/mol. The summed E-state index contributed by atoms with van der Waals surface area (Å²) in [6.07, 6.45) is -0.911. The molecule has 6 nitrogen and oxygen atoms in total. The van der Waals surface area contributed by atoms with Gasteiger partial charge in [-0.3, -0.25) is 13.8 Å². The normalized spacial score (nSPS) is 14.9. The number of fused-ring (bicyclic) bond motifs is 8. The maximum absolute atomic E-state index is 14.1. The first kappa shape index (κ1) is 23.6. The highest BCUT2D eigenvalue weighted by molar-refractivity contribution is 7.26. The highest BCUT2D eigenvalue weighted by Gasteiger charge is 2.32. The first-order chi connectivity index (χ1) is 20.4. The second-order valence-corrected chi connectivity index (χ2v) is 15.4. The highest BCUT2D eigenvalue weighted by atomic mass is 32.1. The maximum atomic E-state index is 14.1. The van der Waals surface area contributed by atoms with Crippen LogP contribution in [0.2, 0.25) is 0 Å². The van der Waals surface area contributed by atoms with Gasteiger partial charge in [0.25, 0.3) is 5.56 Å². The van der Waals surface area contributed by atoms with Crippen molar-refractivity contribution in [3.05, 3.63) is 86.3 Å². The zero-order valence-electron chi connectivity index (χ0n) is 22.1. The molecule has 1 aliphatic heterocycles. The number of aryl methyl sites for hydroxylation is 2. The van der Waals surface area contributed by atoms with Crippen LogP contribution in [-0.2, 0) is 0 Å². The standard InChI is InChI=1S/C32H18N4O2S4/c1-13-3-9-21(39-13)23-11-19-29(41-23)33-27-15-5-6-16-26-18(8-7-17(25(15)26)31(37)35(19)27)32(38)36-20-12-24(22-10-4-14(2)40-22)42-30(20)34-28(16)36/h3-12,31,37H,1-2H3. The average Bonchev–Trinajstić information content (AvgIpc) is 3.80. The van der Waals surface area contributed by atoms with Crippen LogP contribution >= 0.6 is 45.3 Å². The number of nitrogens with zero attached hydrogens (tertiary/aromatic N) is 4. The Hall–Kier alpha value is -3.93. The molecule has 0 saturated carbocycles. The molecule has 1 unspecified atom stereocenters. The topological polar surface area (TPSA) is 72.4 Å². The summed E-state index contributed by atoms with van der Waals surface area (Å²) >= 11 is 6.78. The molecule has 0 radical (unpaired) electrons. The summed E-state index contributed by atoms with van der Waals surface area (Å²) < 4.78 is 3.70. The van der Waals surface area contributed by atoms with Gasteiger partial charge in [0, 0.05) is 61.9 Å². The van der Waals surface area contributed by atoms with Gasteiger partial charge < -0.3 is 5.11 Å². The van der Waals surface area contributed by atoms with Gasteiger partial charge in [0.1, 0.15) is 21.1 Å². The van der Waals surface area contributed by atoms with Gasteiger partial charge in [-0.2, -0.15) is 0 Å². The monoisotopic (exact) mass is 618 g/mol. The summed E-state index contributed by atoms with van der Waals surface area (Å²) in [5, 5.41) is 15.0. The van der Waals surface area contributed by atoms with Crippen molar-refractivity contribution in [2.75, 3.05) is 0 Å². The molecule has 0 aliphatic carbocycles. The van der Waals surface area contributed by atoms with E-state index in [-0.39, 0.29) is 5.56 Å². The van der Waals surface area contributed by atoms with E-state index < -0.39 is 6.23 Å². The Balaban J connectivity index is 1.23. The number of benzene rings is 2. The lowest BCUT2D eigenvalue weighted by Gasteiger charge is -2.26. The predicted octanol–water partition coefficient (Wildman–Crippen LogP) is 8.66. The van der Waals surface area contributed by atoms with Crippen molar-refractivity contribution < 1.29 is 5.11 Å². The van der Waals surface area contributed by atoms with E-state index in [2.05, 4.69) is 62.4 Å². The molecule has 0 amide bonds. The van der Waals surface area contributed by atoms with E-state index >= 15 is 0 Å². The van der Waals surface area contributed by atoms with Gasteiger partial charge in [0.15, 0.2) is 6.23 Å². The van der Waals surface area contributed by atoms with Gasteiger partial charge in [-0.25, -0.2) is 9.97 Å². The third kappa shape index (κ3) is 2.88. The van der Waals surface area contributed by atoms with E-state index in [1.165, 1.54) is 19.5 Å².